The number of ether oxygens (including phenoxy) is 2. The molecule has 0 saturated heterocycles. The monoisotopic (exact) mass is 327 g/mol. The van der Waals surface area contributed by atoms with Crippen LogP contribution in [0.2, 0.25) is 0 Å². The Kier molecular flexibility index (Phi) is 5.34. The van der Waals surface area contributed by atoms with E-state index in [4.69, 9.17) is 9.47 Å². The third-order valence-electron chi connectivity index (χ3n) is 3.44. The summed E-state index contributed by atoms with van der Waals surface area (Å²) in [5, 5.41) is 0. The Morgan fingerprint density at radius 3 is 2.86 bits per heavy atom. The number of hydrogen-bond donors (Lipinski definition) is 1. The standard InChI is InChI=1S/C16H25NO4S/c1-4-9-17-22(18,19)11-6-10-20-14-8-5-7-13-12-16(2,3)21-15(13)14/h5,7-8,17H,4,6,9-12H2,1-3H3. The molecular formula is C16H25NO4S. The van der Waals surface area contributed by atoms with E-state index < -0.39 is 10.0 Å². The van der Waals surface area contributed by atoms with Crippen LogP contribution in [-0.2, 0) is 16.4 Å². The number of nitrogens with one attached hydrogen (secondary N) is 1. The van der Waals surface area contributed by atoms with Crippen LogP contribution in [0.1, 0.15) is 39.2 Å². The first-order chi connectivity index (χ1) is 10.3. The summed E-state index contributed by atoms with van der Waals surface area (Å²) in [5.41, 5.74) is 0.926. The predicted octanol–water partition coefficient (Wildman–Crippen LogP) is 2.50. The molecule has 1 aromatic rings. The molecule has 0 radical (unpaired) electrons. The Morgan fingerprint density at radius 2 is 2.14 bits per heavy atom. The minimum atomic E-state index is -3.19. The van der Waals surface area contributed by atoms with Crippen molar-refractivity contribution in [3.05, 3.63) is 23.8 Å². The second-order valence-electron chi connectivity index (χ2n) is 6.20. The van der Waals surface area contributed by atoms with Gasteiger partial charge in [0.05, 0.1) is 12.4 Å². The van der Waals surface area contributed by atoms with Gasteiger partial charge in [-0.15, -0.1) is 0 Å². The van der Waals surface area contributed by atoms with E-state index in [2.05, 4.69) is 4.72 Å². The predicted molar refractivity (Wildman–Crippen MR) is 87.0 cm³/mol. The molecular weight excluding hydrogens is 302 g/mol. The normalized spacial score (nSPS) is 16.1. The van der Waals surface area contributed by atoms with Crippen molar-refractivity contribution in [2.24, 2.45) is 0 Å². The molecule has 124 valence electrons. The summed E-state index contributed by atoms with van der Waals surface area (Å²) in [4.78, 5) is 0. The average molecular weight is 327 g/mol. The zero-order chi connectivity index (χ0) is 16.2. The van der Waals surface area contributed by atoms with Crippen LogP contribution in [-0.4, -0.2) is 32.9 Å². The van der Waals surface area contributed by atoms with Gasteiger partial charge in [-0.2, -0.15) is 0 Å². The van der Waals surface area contributed by atoms with Gasteiger partial charge in [0.1, 0.15) is 5.60 Å². The zero-order valence-corrected chi connectivity index (χ0v) is 14.3. The van der Waals surface area contributed by atoms with Crippen LogP contribution in [0.3, 0.4) is 0 Å². The largest absolute Gasteiger partial charge is 0.490 e. The summed E-state index contributed by atoms with van der Waals surface area (Å²) >= 11 is 0. The third kappa shape index (κ3) is 4.61. The molecule has 0 amide bonds. The number of rotatable bonds is 8. The first-order valence-corrected chi connectivity index (χ1v) is 9.39. The van der Waals surface area contributed by atoms with E-state index in [-0.39, 0.29) is 11.4 Å². The topological polar surface area (TPSA) is 64.6 Å². The van der Waals surface area contributed by atoms with E-state index in [1.165, 1.54) is 0 Å². The summed E-state index contributed by atoms with van der Waals surface area (Å²) in [5.74, 6) is 1.57. The van der Waals surface area contributed by atoms with Crippen molar-refractivity contribution in [2.75, 3.05) is 18.9 Å². The molecule has 0 aromatic heterocycles. The highest BCUT2D eigenvalue weighted by Crippen LogP contribution is 2.41. The fourth-order valence-corrected chi connectivity index (χ4v) is 3.62. The van der Waals surface area contributed by atoms with E-state index in [1.807, 2.05) is 39.0 Å². The van der Waals surface area contributed by atoms with Gasteiger partial charge in [0.15, 0.2) is 11.5 Å². The molecule has 1 aliphatic rings. The highest BCUT2D eigenvalue weighted by atomic mass is 32.2. The smallest absolute Gasteiger partial charge is 0.211 e. The Bertz CT molecular complexity index is 611. The molecule has 22 heavy (non-hydrogen) atoms. The Hall–Kier alpha value is -1.27. The van der Waals surface area contributed by atoms with Gasteiger partial charge in [-0.05, 0) is 32.8 Å². The second-order valence-corrected chi connectivity index (χ2v) is 8.12. The molecule has 1 aliphatic heterocycles. The number of hydrogen-bond acceptors (Lipinski definition) is 4. The summed E-state index contributed by atoms with van der Waals surface area (Å²) in [6.07, 6.45) is 2.10. The average Bonchev–Trinajstić information content (AvgIpc) is 2.76. The fourth-order valence-electron chi connectivity index (χ4n) is 2.46. The van der Waals surface area contributed by atoms with Crippen LogP contribution in [0.15, 0.2) is 18.2 Å². The highest BCUT2D eigenvalue weighted by Gasteiger charge is 2.32. The van der Waals surface area contributed by atoms with Gasteiger partial charge in [-0.1, -0.05) is 19.1 Å². The van der Waals surface area contributed by atoms with Crippen LogP contribution in [0.25, 0.3) is 0 Å². The van der Waals surface area contributed by atoms with E-state index in [1.54, 1.807) is 0 Å². The highest BCUT2D eigenvalue weighted by molar-refractivity contribution is 7.89. The Labute approximate surface area is 133 Å². The lowest BCUT2D eigenvalue weighted by atomic mass is 10.0. The second kappa shape index (κ2) is 6.87. The molecule has 0 fully saturated rings. The van der Waals surface area contributed by atoms with Gasteiger partial charge < -0.3 is 9.47 Å². The summed E-state index contributed by atoms with van der Waals surface area (Å²) < 4.78 is 37.6. The molecule has 1 aromatic carbocycles. The Balaban J connectivity index is 1.86. The Morgan fingerprint density at radius 1 is 1.36 bits per heavy atom. The van der Waals surface area contributed by atoms with Crippen molar-refractivity contribution in [1.29, 1.82) is 0 Å². The summed E-state index contributed by atoms with van der Waals surface area (Å²) in [6, 6.07) is 5.85. The van der Waals surface area contributed by atoms with Crippen LogP contribution in [0, 0.1) is 0 Å². The molecule has 1 N–H and O–H groups in total. The van der Waals surface area contributed by atoms with Gasteiger partial charge in [-0.3, -0.25) is 0 Å². The summed E-state index contributed by atoms with van der Waals surface area (Å²) in [7, 11) is -3.19. The van der Waals surface area contributed by atoms with Crippen LogP contribution >= 0.6 is 0 Å². The molecule has 0 saturated carbocycles. The fraction of sp³-hybridized carbons (Fsp3) is 0.625. The molecule has 0 atom stereocenters. The van der Waals surface area contributed by atoms with Crippen molar-refractivity contribution < 1.29 is 17.9 Å². The molecule has 0 unspecified atom stereocenters. The van der Waals surface area contributed by atoms with Crippen LogP contribution in [0.5, 0.6) is 11.5 Å². The minimum Gasteiger partial charge on any atom is -0.490 e. The number of para-hydroxylation sites is 1. The van der Waals surface area contributed by atoms with Crippen molar-refractivity contribution in [3.8, 4) is 11.5 Å². The van der Waals surface area contributed by atoms with Crippen LogP contribution in [0.4, 0.5) is 0 Å². The van der Waals surface area contributed by atoms with Gasteiger partial charge >= 0.3 is 0 Å². The lowest BCUT2D eigenvalue weighted by Crippen LogP contribution is -2.27. The van der Waals surface area contributed by atoms with Crippen molar-refractivity contribution >= 4 is 10.0 Å². The minimum absolute atomic E-state index is 0.0778. The quantitative estimate of drug-likeness (QED) is 0.745. The number of sulfonamides is 1. The zero-order valence-electron chi connectivity index (χ0n) is 13.5. The van der Waals surface area contributed by atoms with E-state index in [0.717, 1.165) is 24.2 Å². The maximum Gasteiger partial charge on any atom is 0.211 e. The molecule has 2 rings (SSSR count). The molecule has 5 nitrogen and oxygen atoms in total. The van der Waals surface area contributed by atoms with Crippen molar-refractivity contribution in [3.63, 3.8) is 0 Å². The first kappa shape index (κ1) is 17.1. The number of benzene rings is 1. The van der Waals surface area contributed by atoms with E-state index in [9.17, 15) is 8.42 Å². The van der Waals surface area contributed by atoms with E-state index >= 15 is 0 Å². The lowest BCUT2D eigenvalue weighted by molar-refractivity contribution is 0.132. The maximum atomic E-state index is 11.7. The van der Waals surface area contributed by atoms with Gasteiger partial charge in [0.2, 0.25) is 10.0 Å². The number of fused-ring (bicyclic) bond motifs is 1. The molecule has 6 heteroatoms. The summed E-state index contributed by atoms with van der Waals surface area (Å²) in [6.45, 7) is 6.86. The van der Waals surface area contributed by atoms with Gasteiger partial charge in [-0.25, -0.2) is 13.1 Å². The lowest BCUT2D eigenvalue weighted by Gasteiger charge is -2.18. The molecule has 0 bridgehead atoms. The van der Waals surface area contributed by atoms with Crippen molar-refractivity contribution in [2.45, 2.75) is 45.6 Å². The molecule has 1 heterocycles. The molecule has 0 spiro atoms. The first-order valence-electron chi connectivity index (χ1n) is 7.74. The van der Waals surface area contributed by atoms with Crippen LogP contribution < -0.4 is 14.2 Å². The van der Waals surface area contributed by atoms with Crippen molar-refractivity contribution in [1.82, 2.24) is 4.72 Å². The van der Waals surface area contributed by atoms with Gasteiger partial charge in [0, 0.05) is 18.5 Å². The van der Waals surface area contributed by atoms with Gasteiger partial charge in [0.25, 0.3) is 0 Å². The molecule has 0 aliphatic carbocycles. The third-order valence-corrected chi connectivity index (χ3v) is 4.91. The van der Waals surface area contributed by atoms with E-state index in [0.29, 0.717) is 25.3 Å². The maximum absolute atomic E-state index is 11.7. The SMILES string of the molecule is CCCNS(=O)(=O)CCCOc1cccc2c1OC(C)(C)C2.